The number of ketones is 1. The molecule has 4 nitrogen and oxygen atoms in total. The van der Waals surface area contributed by atoms with E-state index in [-0.39, 0.29) is 26.8 Å². The van der Waals surface area contributed by atoms with Crippen molar-refractivity contribution < 1.29 is 13.2 Å². The van der Waals surface area contributed by atoms with Crippen LogP contribution < -0.4 is 0 Å². The molecule has 0 spiro atoms. The summed E-state index contributed by atoms with van der Waals surface area (Å²) >= 11 is 13.2. The third kappa shape index (κ3) is 4.14. The fourth-order valence-corrected chi connectivity index (χ4v) is 5.04. The molecule has 8 heteroatoms. The summed E-state index contributed by atoms with van der Waals surface area (Å²) in [6.45, 7) is 8.92. The quantitative estimate of drug-likeness (QED) is 0.656. The van der Waals surface area contributed by atoms with Crippen LogP contribution in [0.4, 0.5) is 0 Å². The first-order chi connectivity index (χ1) is 11.8. The Labute approximate surface area is 168 Å². The van der Waals surface area contributed by atoms with Crippen molar-refractivity contribution in [3.8, 4) is 0 Å². The maximum absolute atomic E-state index is 13.0. The number of carbonyl (C=O) groups excluding carboxylic acids is 1. The average Bonchev–Trinajstić information content (AvgIpc) is 2.98. The molecule has 0 aliphatic rings. The third-order valence-corrected chi connectivity index (χ3v) is 8.21. The van der Waals surface area contributed by atoms with Gasteiger partial charge in [-0.1, -0.05) is 44.0 Å². The number of carbonyl (C=O) groups is 1. The van der Waals surface area contributed by atoms with E-state index in [1.165, 1.54) is 43.4 Å². The van der Waals surface area contributed by atoms with Gasteiger partial charge in [-0.3, -0.25) is 4.79 Å². The van der Waals surface area contributed by atoms with Crippen molar-refractivity contribution in [2.45, 2.75) is 56.1 Å². The molecule has 0 bridgehead atoms. The normalized spacial score (nSPS) is 13.0. The van der Waals surface area contributed by atoms with Crippen molar-refractivity contribution in [1.29, 1.82) is 0 Å². The van der Waals surface area contributed by atoms with Gasteiger partial charge in [0, 0.05) is 10.8 Å². The molecular weight excluding hydrogens is 413 g/mol. The zero-order chi connectivity index (χ0) is 19.9. The van der Waals surface area contributed by atoms with Crippen molar-refractivity contribution in [3.05, 3.63) is 44.3 Å². The van der Waals surface area contributed by atoms with Gasteiger partial charge in [0.15, 0.2) is 15.6 Å². The molecule has 0 aliphatic carbocycles. The number of hydrogen-bond acceptors (Lipinski definition) is 5. The van der Waals surface area contributed by atoms with Crippen LogP contribution in [-0.4, -0.2) is 23.9 Å². The first-order valence-corrected chi connectivity index (χ1v) is 11.1. The van der Waals surface area contributed by atoms with Crippen LogP contribution in [0.2, 0.25) is 10.0 Å². The molecule has 1 aromatic carbocycles. The minimum Gasteiger partial charge on any atom is -0.297 e. The van der Waals surface area contributed by atoms with Crippen molar-refractivity contribution in [3.63, 3.8) is 0 Å². The predicted octanol–water partition coefficient (Wildman–Crippen LogP) is 5.11. The molecule has 0 saturated heterocycles. The molecular formula is C18H21Cl2NO3S2. The number of nitrogens with zero attached hydrogens (tertiary/aromatic N) is 1. The summed E-state index contributed by atoms with van der Waals surface area (Å²) in [6.07, 6.45) is -0.0334. The van der Waals surface area contributed by atoms with Crippen molar-refractivity contribution in [1.82, 2.24) is 4.98 Å². The number of aromatic nitrogens is 1. The molecule has 0 atom stereocenters. The first kappa shape index (κ1) is 21.4. The standard InChI is InChI=1S/C18H21Cl2NO3S2/c1-17(2,3)14-10-25-16(21-14)9-15(22)18(4,5)26(23,24)11-6-7-12(19)13(20)8-11/h6-8,10H,9H2,1-5H3. The van der Waals surface area contributed by atoms with Crippen LogP contribution in [0.15, 0.2) is 28.5 Å². The maximum atomic E-state index is 13.0. The number of halogens is 2. The highest BCUT2D eigenvalue weighted by molar-refractivity contribution is 7.93. The van der Waals surface area contributed by atoms with E-state index in [1.807, 2.05) is 26.2 Å². The summed E-state index contributed by atoms with van der Waals surface area (Å²) in [6, 6.07) is 4.04. The van der Waals surface area contributed by atoms with Gasteiger partial charge in [-0.15, -0.1) is 11.3 Å². The molecule has 0 unspecified atom stereocenters. The zero-order valence-electron chi connectivity index (χ0n) is 15.3. The Bertz CT molecular complexity index is 942. The molecule has 0 N–H and O–H groups in total. The van der Waals surface area contributed by atoms with E-state index in [0.717, 1.165) is 5.69 Å². The molecule has 26 heavy (non-hydrogen) atoms. The number of rotatable bonds is 5. The fourth-order valence-electron chi connectivity index (χ4n) is 2.18. The lowest BCUT2D eigenvalue weighted by Gasteiger charge is -2.23. The van der Waals surface area contributed by atoms with Gasteiger partial charge in [0.1, 0.15) is 9.75 Å². The zero-order valence-corrected chi connectivity index (χ0v) is 18.4. The lowest BCUT2D eigenvalue weighted by Crippen LogP contribution is -2.41. The molecule has 2 rings (SSSR count). The van der Waals surface area contributed by atoms with E-state index >= 15 is 0 Å². The molecule has 2 aromatic rings. The monoisotopic (exact) mass is 433 g/mol. The molecule has 0 amide bonds. The van der Waals surface area contributed by atoms with Crippen LogP contribution in [-0.2, 0) is 26.5 Å². The van der Waals surface area contributed by atoms with Gasteiger partial charge in [0.25, 0.3) is 0 Å². The Morgan fingerprint density at radius 3 is 2.23 bits per heavy atom. The van der Waals surface area contributed by atoms with Crippen molar-refractivity contribution in [2.75, 3.05) is 0 Å². The number of sulfone groups is 1. The fraction of sp³-hybridized carbons (Fsp3) is 0.444. The Kier molecular flexibility index (Phi) is 5.93. The second-order valence-corrected chi connectivity index (χ2v) is 11.8. The number of hydrogen-bond donors (Lipinski definition) is 0. The summed E-state index contributed by atoms with van der Waals surface area (Å²) in [5, 5.41) is 2.90. The molecule has 0 fully saturated rings. The minimum atomic E-state index is -3.93. The highest BCUT2D eigenvalue weighted by atomic mass is 35.5. The Balaban J connectivity index is 2.31. The maximum Gasteiger partial charge on any atom is 0.190 e. The molecule has 0 saturated carbocycles. The summed E-state index contributed by atoms with van der Waals surface area (Å²) in [7, 11) is -3.93. The topological polar surface area (TPSA) is 64.1 Å². The van der Waals surface area contributed by atoms with E-state index in [1.54, 1.807) is 0 Å². The Hall–Kier alpha value is -0.950. The number of Topliss-reactive ketones (excluding diaryl/α,β-unsaturated/α-hetero) is 1. The third-order valence-electron chi connectivity index (χ3n) is 4.18. The smallest absolute Gasteiger partial charge is 0.190 e. The largest absolute Gasteiger partial charge is 0.297 e. The van der Waals surface area contributed by atoms with E-state index < -0.39 is 20.4 Å². The van der Waals surface area contributed by atoms with Gasteiger partial charge in [0.05, 0.1) is 27.1 Å². The molecule has 1 aromatic heterocycles. The summed E-state index contributed by atoms with van der Waals surface area (Å²) in [4.78, 5) is 17.2. The lowest BCUT2D eigenvalue weighted by atomic mass is 9.93. The van der Waals surface area contributed by atoms with Crippen LogP contribution in [0.5, 0.6) is 0 Å². The number of benzene rings is 1. The van der Waals surface area contributed by atoms with Gasteiger partial charge in [-0.05, 0) is 32.0 Å². The first-order valence-electron chi connectivity index (χ1n) is 7.94. The molecule has 1 heterocycles. The van der Waals surface area contributed by atoms with E-state index in [4.69, 9.17) is 23.2 Å². The summed E-state index contributed by atoms with van der Waals surface area (Å²) in [5.74, 6) is -0.418. The molecule has 0 aliphatic heterocycles. The van der Waals surface area contributed by atoms with Gasteiger partial charge in [-0.25, -0.2) is 13.4 Å². The van der Waals surface area contributed by atoms with Crippen molar-refractivity contribution >= 4 is 50.2 Å². The highest BCUT2D eigenvalue weighted by Crippen LogP contribution is 2.32. The second-order valence-electron chi connectivity index (χ2n) is 7.57. The van der Waals surface area contributed by atoms with Gasteiger partial charge in [-0.2, -0.15) is 0 Å². The SMILES string of the molecule is CC(C)(C)c1csc(CC(=O)C(C)(C)S(=O)(=O)c2ccc(Cl)c(Cl)c2)n1. The van der Waals surface area contributed by atoms with E-state index in [2.05, 4.69) is 4.98 Å². The Morgan fingerprint density at radius 1 is 1.12 bits per heavy atom. The average molecular weight is 434 g/mol. The van der Waals surface area contributed by atoms with Crippen LogP contribution in [0, 0.1) is 0 Å². The summed E-state index contributed by atoms with van der Waals surface area (Å²) < 4.78 is 24.3. The van der Waals surface area contributed by atoms with Crippen molar-refractivity contribution in [2.24, 2.45) is 0 Å². The van der Waals surface area contributed by atoms with Gasteiger partial charge in [0.2, 0.25) is 0 Å². The number of thiazole rings is 1. The van der Waals surface area contributed by atoms with Crippen LogP contribution in [0.1, 0.15) is 45.3 Å². The molecule has 142 valence electrons. The Morgan fingerprint density at radius 2 is 1.73 bits per heavy atom. The van der Waals surface area contributed by atoms with E-state index in [9.17, 15) is 13.2 Å². The lowest BCUT2D eigenvalue weighted by molar-refractivity contribution is -0.120. The van der Waals surface area contributed by atoms with Crippen LogP contribution >= 0.6 is 34.5 Å². The highest BCUT2D eigenvalue weighted by Gasteiger charge is 2.42. The predicted molar refractivity (Wildman–Crippen MR) is 107 cm³/mol. The summed E-state index contributed by atoms with van der Waals surface area (Å²) in [5.41, 5.74) is 0.759. The van der Waals surface area contributed by atoms with Gasteiger partial charge < -0.3 is 0 Å². The van der Waals surface area contributed by atoms with Crippen LogP contribution in [0.3, 0.4) is 0 Å². The van der Waals surface area contributed by atoms with E-state index in [0.29, 0.717) is 5.01 Å². The minimum absolute atomic E-state index is 0.0280. The molecule has 0 radical (unpaired) electrons. The second kappa shape index (κ2) is 7.23. The van der Waals surface area contributed by atoms with Gasteiger partial charge >= 0.3 is 0 Å². The van der Waals surface area contributed by atoms with Crippen LogP contribution in [0.25, 0.3) is 0 Å².